The lowest BCUT2D eigenvalue weighted by Crippen LogP contribution is -2.14. The van der Waals surface area contributed by atoms with Gasteiger partial charge in [0, 0.05) is 23.5 Å². The number of hydrogen-bond acceptors (Lipinski definition) is 5. The van der Waals surface area contributed by atoms with Gasteiger partial charge in [0.2, 0.25) is 5.91 Å². The topological polar surface area (TPSA) is 79.9 Å². The number of H-pyrrole nitrogens is 1. The van der Waals surface area contributed by atoms with Crippen LogP contribution in [0.1, 0.15) is 0 Å². The zero-order valence-corrected chi connectivity index (χ0v) is 16.0. The molecule has 140 valence electrons. The zero-order chi connectivity index (χ0) is 19.3. The van der Waals surface area contributed by atoms with Crippen molar-refractivity contribution in [2.24, 2.45) is 0 Å². The second-order valence-electron chi connectivity index (χ2n) is 6.04. The number of nitrogens with one attached hydrogen (secondary N) is 2. The molecule has 1 amide bonds. The standard InChI is InChI=1S/C21H18N4O2S/c1-27-16-9-5-8-15(10-16)25-18(26)12-28-21-20-19(23-13-24-21)17(11-22-20)14-6-3-2-4-7-14/h2-11,13,22H,12H2,1H3,(H,25,26). The highest BCUT2D eigenvalue weighted by Crippen LogP contribution is 2.31. The van der Waals surface area contributed by atoms with Gasteiger partial charge >= 0.3 is 0 Å². The lowest BCUT2D eigenvalue weighted by molar-refractivity contribution is -0.113. The lowest BCUT2D eigenvalue weighted by Gasteiger charge is -2.07. The Balaban J connectivity index is 1.49. The van der Waals surface area contributed by atoms with Gasteiger partial charge in [0.05, 0.1) is 18.4 Å². The summed E-state index contributed by atoms with van der Waals surface area (Å²) in [5, 5.41) is 3.62. The first kappa shape index (κ1) is 18.1. The van der Waals surface area contributed by atoms with Gasteiger partial charge in [-0.2, -0.15) is 0 Å². The SMILES string of the molecule is COc1cccc(NC(=O)CSc2ncnc3c(-c4ccccc4)c[nH]c23)c1. The molecule has 0 unspecified atom stereocenters. The number of amides is 1. The van der Waals surface area contributed by atoms with E-state index in [-0.39, 0.29) is 11.7 Å². The Labute approximate surface area is 166 Å². The molecule has 0 aliphatic carbocycles. The van der Waals surface area contributed by atoms with Crippen molar-refractivity contribution in [1.82, 2.24) is 15.0 Å². The number of aromatic amines is 1. The summed E-state index contributed by atoms with van der Waals surface area (Å²) in [5.41, 5.74) is 4.47. The highest BCUT2D eigenvalue weighted by molar-refractivity contribution is 8.00. The molecule has 6 nitrogen and oxygen atoms in total. The van der Waals surface area contributed by atoms with Gasteiger partial charge in [-0.15, -0.1) is 0 Å². The molecule has 0 aliphatic heterocycles. The van der Waals surface area contributed by atoms with Crippen LogP contribution in [0, 0.1) is 0 Å². The third-order valence-corrected chi connectivity index (χ3v) is 5.20. The summed E-state index contributed by atoms with van der Waals surface area (Å²) >= 11 is 1.37. The number of fused-ring (bicyclic) bond motifs is 1. The van der Waals surface area contributed by atoms with Gasteiger partial charge in [-0.25, -0.2) is 9.97 Å². The van der Waals surface area contributed by atoms with Gasteiger partial charge in [0.25, 0.3) is 0 Å². The Bertz CT molecular complexity index is 1110. The molecule has 0 atom stereocenters. The van der Waals surface area contributed by atoms with Crippen molar-refractivity contribution in [3.8, 4) is 16.9 Å². The number of hydrogen-bond donors (Lipinski definition) is 2. The molecule has 4 rings (SSSR count). The van der Waals surface area contributed by atoms with E-state index in [2.05, 4.69) is 20.3 Å². The minimum Gasteiger partial charge on any atom is -0.497 e. The average Bonchev–Trinajstić information content (AvgIpc) is 3.18. The van der Waals surface area contributed by atoms with Crippen LogP contribution in [0.2, 0.25) is 0 Å². The molecular formula is C21H18N4O2S. The maximum absolute atomic E-state index is 12.3. The Morgan fingerprint density at radius 3 is 2.82 bits per heavy atom. The molecule has 2 aromatic carbocycles. The van der Waals surface area contributed by atoms with E-state index >= 15 is 0 Å². The number of anilines is 1. The number of methoxy groups -OCH3 is 1. The maximum Gasteiger partial charge on any atom is 0.234 e. The summed E-state index contributed by atoms with van der Waals surface area (Å²) in [7, 11) is 1.59. The van der Waals surface area contributed by atoms with E-state index in [0.29, 0.717) is 11.4 Å². The first-order valence-electron chi connectivity index (χ1n) is 8.69. The van der Waals surface area contributed by atoms with Gasteiger partial charge in [0.15, 0.2) is 0 Å². The molecule has 0 bridgehead atoms. The minimum atomic E-state index is -0.111. The summed E-state index contributed by atoms with van der Waals surface area (Å²) in [5.74, 6) is 0.825. The summed E-state index contributed by atoms with van der Waals surface area (Å²) in [6, 6.07) is 17.3. The molecule has 2 heterocycles. The number of benzene rings is 2. The van der Waals surface area contributed by atoms with E-state index in [1.807, 2.05) is 54.7 Å². The highest BCUT2D eigenvalue weighted by Gasteiger charge is 2.13. The van der Waals surface area contributed by atoms with Crippen molar-refractivity contribution in [3.63, 3.8) is 0 Å². The number of thioether (sulfide) groups is 1. The molecule has 0 fully saturated rings. The Hall–Kier alpha value is -3.32. The predicted molar refractivity (Wildman–Crippen MR) is 112 cm³/mol. The summed E-state index contributed by atoms with van der Waals surface area (Å²) in [6.45, 7) is 0. The van der Waals surface area contributed by atoms with Crippen LogP contribution >= 0.6 is 11.8 Å². The first-order valence-corrected chi connectivity index (χ1v) is 9.67. The van der Waals surface area contributed by atoms with Gasteiger partial charge < -0.3 is 15.0 Å². The molecule has 7 heteroatoms. The van der Waals surface area contributed by atoms with E-state index in [9.17, 15) is 4.79 Å². The van der Waals surface area contributed by atoms with Crippen LogP contribution in [0.5, 0.6) is 5.75 Å². The van der Waals surface area contributed by atoms with Gasteiger partial charge in [-0.05, 0) is 17.7 Å². The maximum atomic E-state index is 12.3. The van der Waals surface area contributed by atoms with Crippen molar-refractivity contribution >= 4 is 34.4 Å². The minimum absolute atomic E-state index is 0.111. The lowest BCUT2D eigenvalue weighted by atomic mass is 10.1. The van der Waals surface area contributed by atoms with Gasteiger partial charge in [-0.3, -0.25) is 4.79 Å². The summed E-state index contributed by atoms with van der Waals surface area (Å²) in [6.07, 6.45) is 3.46. The number of ether oxygens (including phenoxy) is 1. The Morgan fingerprint density at radius 1 is 1.14 bits per heavy atom. The quantitative estimate of drug-likeness (QED) is 0.378. The number of carbonyl (C=O) groups excluding carboxylic acids is 1. The van der Waals surface area contributed by atoms with Crippen LogP contribution in [0.25, 0.3) is 22.2 Å². The highest BCUT2D eigenvalue weighted by atomic mass is 32.2. The average molecular weight is 390 g/mol. The molecule has 4 aromatic rings. The van der Waals surface area contributed by atoms with E-state index in [4.69, 9.17) is 4.74 Å². The Morgan fingerprint density at radius 2 is 2.00 bits per heavy atom. The molecule has 0 spiro atoms. The largest absolute Gasteiger partial charge is 0.497 e. The van der Waals surface area contributed by atoms with Gasteiger partial charge in [0.1, 0.15) is 22.6 Å². The van der Waals surface area contributed by atoms with Crippen molar-refractivity contribution in [2.75, 3.05) is 18.2 Å². The fraction of sp³-hybridized carbons (Fsp3) is 0.0952. The number of carbonyl (C=O) groups is 1. The van der Waals surface area contributed by atoms with E-state index < -0.39 is 0 Å². The van der Waals surface area contributed by atoms with Crippen LogP contribution in [0.4, 0.5) is 5.69 Å². The third kappa shape index (κ3) is 3.84. The van der Waals surface area contributed by atoms with Crippen LogP contribution in [0.3, 0.4) is 0 Å². The summed E-state index contributed by atoms with van der Waals surface area (Å²) in [4.78, 5) is 24.3. The van der Waals surface area contributed by atoms with Crippen LogP contribution in [0.15, 0.2) is 72.1 Å². The second-order valence-corrected chi connectivity index (χ2v) is 7.00. The molecule has 0 aliphatic rings. The van der Waals surface area contributed by atoms with Crippen LogP contribution < -0.4 is 10.1 Å². The van der Waals surface area contributed by atoms with E-state index in [1.54, 1.807) is 13.2 Å². The van der Waals surface area contributed by atoms with Crippen molar-refractivity contribution in [3.05, 3.63) is 67.1 Å². The molecule has 0 saturated heterocycles. The third-order valence-electron chi connectivity index (χ3n) is 4.21. The second kappa shape index (κ2) is 8.14. The molecule has 28 heavy (non-hydrogen) atoms. The monoisotopic (exact) mass is 390 g/mol. The number of rotatable bonds is 6. The van der Waals surface area contributed by atoms with Crippen molar-refractivity contribution in [1.29, 1.82) is 0 Å². The molecular weight excluding hydrogens is 372 g/mol. The smallest absolute Gasteiger partial charge is 0.234 e. The van der Waals surface area contributed by atoms with Crippen LogP contribution in [-0.2, 0) is 4.79 Å². The first-order chi connectivity index (χ1) is 13.7. The van der Waals surface area contributed by atoms with Crippen molar-refractivity contribution < 1.29 is 9.53 Å². The summed E-state index contributed by atoms with van der Waals surface area (Å²) < 4.78 is 5.18. The predicted octanol–water partition coefficient (Wildman–Crippen LogP) is 4.36. The molecule has 0 radical (unpaired) electrons. The fourth-order valence-corrected chi connectivity index (χ4v) is 3.66. The normalized spacial score (nSPS) is 10.8. The zero-order valence-electron chi connectivity index (χ0n) is 15.2. The van der Waals surface area contributed by atoms with Gasteiger partial charge in [-0.1, -0.05) is 48.2 Å². The molecule has 2 aromatic heterocycles. The number of nitrogens with zero attached hydrogens (tertiary/aromatic N) is 2. The number of aromatic nitrogens is 3. The fourth-order valence-electron chi connectivity index (χ4n) is 2.90. The van der Waals surface area contributed by atoms with E-state index in [1.165, 1.54) is 18.1 Å². The Kier molecular flexibility index (Phi) is 5.25. The molecule has 0 saturated carbocycles. The van der Waals surface area contributed by atoms with E-state index in [0.717, 1.165) is 27.2 Å². The molecule has 2 N–H and O–H groups in total. The van der Waals surface area contributed by atoms with Crippen LogP contribution in [-0.4, -0.2) is 33.7 Å². The van der Waals surface area contributed by atoms with Crippen molar-refractivity contribution in [2.45, 2.75) is 5.03 Å².